The Morgan fingerprint density at radius 2 is 1.00 bits per heavy atom. The van der Waals surface area contributed by atoms with Crippen LogP contribution in [0.1, 0.15) is 0 Å². The van der Waals surface area contributed by atoms with Gasteiger partial charge in [0.15, 0.2) is 0 Å². The number of hydrogen-bond acceptors (Lipinski definition) is 0. The normalized spacial score (nSPS) is 0. The fourth-order valence-electron chi connectivity index (χ4n) is 0. The van der Waals surface area contributed by atoms with Crippen molar-refractivity contribution in [1.82, 2.24) is 0 Å². The first-order valence-electron chi connectivity index (χ1n) is 0. The molecule has 0 saturated heterocycles. The van der Waals surface area contributed by atoms with Crippen LogP contribution in [-0.4, -0.2) is 8.41 Å². The third-order valence-electron chi connectivity index (χ3n) is 0. The zero-order valence-corrected chi connectivity index (χ0v) is 6.55. The summed E-state index contributed by atoms with van der Waals surface area (Å²) in [4.78, 5) is 0. The van der Waals surface area contributed by atoms with Crippen LogP contribution in [0.25, 0.3) is 0 Å². The maximum atomic E-state index is 0. The molecule has 0 aromatic rings. The van der Waals surface area contributed by atoms with Crippen LogP contribution in [-0.2, 0) is 62.7 Å². The van der Waals surface area contributed by atoms with Crippen LogP contribution in [0.2, 0.25) is 0 Å². The summed E-state index contributed by atoms with van der Waals surface area (Å²) in [7, 11) is 0. The number of hydrogen-bond donors (Lipinski definition) is 0. The van der Waals surface area contributed by atoms with Crippen molar-refractivity contribution < 1.29 is 62.7 Å². The molecule has 0 aliphatic rings. The molecule has 0 unspecified atom stereocenters. The fourth-order valence-corrected chi connectivity index (χ4v) is 0. The first-order valence-corrected chi connectivity index (χ1v) is 0. The Hall–Kier alpha value is 2.10. The van der Waals surface area contributed by atoms with E-state index in [9.17, 15) is 0 Å². The van der Waals surface area contributed by atoms with Crippen LogP contribution in [0.4, 0.5) is 0 Å². The molecule has 4 heavy (non-hydrogen) atoms. The average Bonchev–Trinajstić information content (AvgIpc) is 0. The molecule has 0 atom stereocenters. The second-order valence-corrected chi connectivity index (χ2v) is 0. The molecule has 20 valence electrons. The van der Waals surface area contributed by atoms with Gasteiger partial charge in [-0.15, -0.1) is 0 Å². The van der Waals surface area contributed by atoms with Gasteiger partial charge in [-0.3, -0.25) is 0 Å². The third kappa shape index (κ3) is 8.93. The predicted octanol–water partition coefficient (Wildman–Crippen LogP) is -1.19. The SMILES string of the molecule is B.[Nb].[Ti].[V]. The van der Waals surface area contributed by atoms with Gasteiger partial charge in [-0.25, -0.2) is 0 Å². The van der Waals surface area contributed by atoms with Crippen LogP contribution in [0.3, 0.4) is 0 Å². The van der Waals surface area contributed by atoms with Gasteiger partial charge >= 0.3 is 0 Å². The van der Waals surface area contributed by atoms with E-state index in [-0.39, 0.29) is 71.1 Å². The standard InChI is InChI=1S/BH3.Nb.Ti.V/h1H3;;;. The quantitative estimate of drug-likeness (QED) is 0.437. The molecule has 0 aromatic carbocycles. The monoisotopic (exact) mass is 206 g/mol. The van der Waals surface area contributed by atoms with Crippen LogP contribution >= 0.6 is 0 Å². The summed E-state index contributed by atoms with van der Waals surface area (Å²) >= 11 is 0. The van der Waals surface area contributed by atoms with Gasteiger partial charge in [-0.1, -0.05) is 0 Å². The molecule has 0 N–H and O–H groups in total. The molecule has 0 fully saturated rings. The minimum absolute atomic E-state index is 0. The first kappa shape index (κ1) is 35.9. The average molecular weight is 206 g/mol. The van der Waals surface area contributed by atoms with Gasteiger partial charge in [-0.05, 0) is 0 Å². The summed E-state index contributed by atoms with van der Waals surface area (Å²) in [5, 5.41) is 0. The summed E-state index contributed by atoms with van der Waals surface area (Å²) in [6, 6.07) is 0. The molecule has 0 bridgehead atoms. The molecular formula is H3BNbTiV. The van der Waals surface area contributed by atoms with Gasteiger partial charge in [0.05, 0.1) is 8.41 Å². The summed E-state index contributed by atoms with van der Waals surface area (Å²) < 4.78 is 0. The van der Waals surface area contributed by atoms with Crippen LogP contribution in [0.15, 0.2) is 0 Å². The second kappa shape index (κ2) is 19.4. The molecule has 0 aromatic heterocycles. The molecule has 0 heterocycles. The van der Waals surface area contributed by atoms with Crippen molar-refractivity contribution in [1.29, 1.82) is 0 Å². The van der Waals surface area contributed by atoms with E-state index in [2.05, 4.69) is 0 Å². The van der Waals surface area contributed by atoms with E-state index in [0.717, 1.165) is 0 Å². The minimum atomic E-state index is 0. The Bertz CT molecular complexity index is 8.00. The maximum Gasteiger partial charge on any atom is 0.0814 e. The summed E-state index contributed by atoms with van der Waals surface area (Å²) in [5.41, 5.74) is 0. The van der Waals surface area contributed by atoms with E-state index in [1.807, 2.05) is 0 Å². The van der Waals surface area contributed by atoms with E-state index in [1.165, 1.54) is 0 Å². The van der Waals surface area contributed by atoms with E-state index >= 15 is 0 Å². The largest absolute Gasteiger partial charge is 0.0814 e. The Morgan fingerprint density at radius 3 is 1.00 bits per heavy atom. The predicted molar refractivity (Wildman–Crippen MR) is 9.94 cm³/mol. The van der Waals surface area contributed by atoms with Crippen LogP contribution in [0, 0.1) is 0 Å². The Morgan fingerprint density at radius 1 is 1.00 bits per heavy atom. The van der Waals surface area contributed by atoms with Crippen LogP contribution in [0.5, 0.6) is 0 Å². The van der Waals surface area contributed by atoms with E-state index in [0.29, 0.717) is 0 Å². The summed E-state index contributed by atoms with van der Waals surface area (Å²) in [6.45, 7) is 0. The smallest absolute Gasteiger partial charge is 0 e. The van der Waals surface area contributed by atoms with Gasteiger partial charge in [-0.2, -0.15) is 0 Å². The molecule has 4 heteroatoms. The number of rotatable bonds is 0. The van der Waals surface area contributed by atoms with Crippen molar-refractivity contribution >= 4 is 8.41 Å². The van der Waals surface area contributed by atoms with Gasteiger partial charge in [0.25, 0.3) is 0 Å². The summed E-state index contributed by atoms with van der Waals surface area (Å²) in [5.74, 6) is 0. The molecule has 0 amide bonds. The Kier molecular flexibility index (Phi) is 174. The van der Waals surface area contributed by atoms with Crippen molar-refractivity contribution in [3.05, 3.63) is 0 Å². The molecule has 0 rings (SSSR count). The van der Waals surface area contributed by atoms with E-state index < -0.39 is 0 Å². The second-order valence-electron chi connectivity index (χ2n) is 0. The molecule has 0 saturated carbocycles. The van der Waals surface area contributed by atoms with Crippen molar-refractivity contribution in [2.24, 2.45) is 0 Å². The van der Waals surface area contributed by atoms with Crippen molar-refractivity contribution in [3.63, 3.8) is 0 Å². The summed E-state index contributed by atoms with van der Waals surface area (Å²) in [6.07, 6.45) is 0. The van der Waals surface area contributed by atoms with Crippen molar-refractivity contribution in [3.8, 4) is 0 Å². The van der Waals surface area contributed by atoms with Crippen molar-refractivity contribution in [2.75, 3.05) is 0 Å². The third-order valence-corrected chi connectivity index (χ3v) is 0. The first-order chi connectivity index (χ1) is 0. The maximum absolute atomic E-state index is 0. The molecule has 0 nitrogen and oxygen atoms in total. The van der Waals surface area contributed by atoms with E-state index in [4.69, 9.17) is 0 Å². The molecule has 0 spiro atoms. The van der Waals surface area contributed by atoms with Gasteiger partial charge in [0, 0.05) is 62.7 Å². The Balaban J connectivity index is 0. The molecule has 0 aliphatic heterocycles. The van der Waals surface area contributed by atoms with Gasteiger partial charge in [0.2, 0.25) is 0 Å². The topological polar surface area (TPSA) is 0 Å². The Labute approximate surface area is 70.3 Å². The fraction of sp³-hybridized carbons (Fsp3) is 0. The molecule has 0 aliphatic carbocycles. The molecular weight excluding hydrogens is 203 g/mol. The molecule has 2 radical (unpaired) electrons. The van der Waals surface area contributed by atoms with Gasteiger partial charge < -0.3 is 0 Å². The zero-order chi connectivity index (χ0) is 0. The van der Waals surface area contributed by atoms with Crippen molar-refractivity contribution in [2.45, 2.75) is 0 Å². The van der Waals surface area contributed by atoms with E-state index in [1.54, 1.807) is 0 Å². The zero-order valence-electron chi connectivity index (χ0n) is 1.39. The van der Waals surface area contributed by atoms with Crippen LogP contribution < -0.4 is 0 Å². The minimum Gasteiger partial charge on any atom is 0 e. The van der Waals surface area contributed by atoms with Gasteiger partial charge in [0.1, 0.15) is 0 Å².